The van der Waals surface area contributed by atoms with Crippen molar-refractivity contribution >= 4 is 67.9 Å². The average molecular weight is 562 g/mol. The third-order valence-electron chi connectivity index (χ3n) is 5.62. The topological polar surface area (TPSA) is 123 Å². The highest BCUT2D eigenvalue weighted by molar-refractivity contribution is 7.74. The third kappa shape index (κ3) is 5.76. The molecule has 39 heavy (non-hydrogen) atoms. The van der Waals surface area contributed by atoms with Gasteiger partial charge in [-0.2, -0.15) is 0 Å². The number of carbonyl (C=O) groups is 1. The SMILES string of the molecule is COc1cc(Nc2nc3ccccc3nc2N(c2cccc(NC(=O)c3cccs3)c2)[SH](=O)=O)cc(OC)c1. The molecular weight excluding hydrogens is 538 g/mol. The van der Waals surface area contributed by atoms with Crippen LogP contribution in [0.15, 0.2) is 84.2 Å². The van der Waals surface area contributed by atoms with Gasteiger partial charge in [-0.1, -0.05) is 24.3 Å². The van der Waals surface area contributed by atoms with Gasteiger partial charge < -0.3 is 20.1 Å². The summed E-state index contributed by atoms with van der Waals surface area (Å²) in [5.74, 6) is 1.02. The molecule has 2 N–H and O–H groups in total. The minimum Gasteiger partial charge on any atom is -0.497 e. The molecule has 0 radical (unpaired) electrons. The number of nitrogens with one attached hydrogen (secondary N) is 2. The number of para-hydroxylation sites is 2. The third-order valence-corrected chi connectivity index (χ3v) is 7.24. The molecule has 0 aliphatic rings. The minimum absolute atomic E-state index is 0.0494. The molecule has 198 valence electrons. The average Bonchev–Trinajstić information content (AvgIpc) is 3.49. The lowest BCUT2D eigenvalue weighted by Crippen LogP contribution is -2.19. The summed E-state index contributed by atoms with van der Waals surface area (Å²) < 4.78 is 37.2. The smallest absolute Gasteiger partial charge is 0.265 e. The number of hydrogen-bond donors (Lipinski definition) is 3. The molecule has 2 heterocycles. The second-order valence-corrected chi connectivity index (χ2v) is 9.97. The first-order chi connectivity index (χ1) is 18.9. The van der Waals surface area contributed by atoms with Gasteiger partial charge in [-0.3, -0.25) is 4.79 Å². The maximum Gasteiger partial charge on any atom is 0.265 e. The fraction of sp³-hybridized carbons (Fsp3) is 0.0741. The van der Waals surface area contributed by atoms with Gasteiger partial charge >= 0.3 is 0 Å². The first-order valence-electron chi connectivity index (χ1n) is 11.6. The van der Waals surface area contributed by atoms with E-state index >= 15 is 0 Å². The predicted molar refractivity (Wildman–Crippen MR) is 154 cm³/mol. The zero-order chi connectivity index (χ0) is 27.4. The Kier molecular flexibility index (Phi) is 7.57. The Hall–Kier alpha value is -4.68. The van der Waals surface area contributed by atoms with Crippen LogP contribution in [0, 0.1) is 0 Å². The van der Waals surface area contributed by atoms with Gasteiger partial charge in [0.25, 0.3) is 5.91 Å². The monoisotopic (exact) mass is 561 g/mol. The number of methoxy groups -OCH3 is 2. The van der Waals surface area contributed by atoms with E-state index in [-0.39, 0.29) is 23.2 Å². The molecule has 1 amide bonds. The molecule has 0 aliphatic carbocycles. The summed E-state index contributed by atoms with van der Waals surface area (Å²) in [5, 5.41) is 7.79. The molecule has 2 aromatic heterocycles. The highest BCUT2D eigenvalue weighted by atomic mass is 32.2. The number of benzene rings is 3. The van der Waals surface area contributed by atoms with Gasteiger partial charge in [-0.25, -0.2) is 22.7 Å². The molecule has 3 aromatic carbocycles. The van der Waals surface area contributed by atoms with Gasteiger partial charge in [0.2, 0.25) is 10.9 Å². The van der Waals surface area contributed by atoms with E-state index in [4.69, 9.17) is 9.47 Å². The van der Waals surface area contributed by atoms with Crippen molar-refractivity contribution in [3.8, 4) is 11.5 Å². The Balaban J connectivity index is 1.59. The first kappa shape index (κ1) is 25.9. The summed E-state index contributed by atoms with van der Waals surface area (Å²) in [7, 11) is -0.148. The lowest BCUT2D eigenvalue weighted by atomic mass is 10.2. The maximum atomic E-state index is 12.7. The fourth-order valence-electron chi connectivity index (χ4n) is 3.85. The van der Waals surface area contributed by atoms with E-state index in [0.29, 0.717) is 38.8 Å². The van der Waals surface area contributed by atoms with Crippen molar-refractivity contribution in [2.45, 2.75) is 0 Å². The zero-order valence-electron chi connectivity index (χ0n) is 20.8. The fourth-order valence-corrected chi connectivity index (χ4v) is 5.07. The molecular formula is C27H23N5O5S2. The predicted octanol–water partition coefficient (Wildman–Crippen LogP) is 5.37. The zero-order valence-corrected chi connectivity index (χ0v) is 22.5. The Morgan fingerprint density at radius 1 is 0.846 bits per heavy atom. The Morgan fingerprint density at radius 3 is 2.21 bits per heavy atom. The van der Waals surface area contributed by atoms with E-state index in [1.54, 1.807) is 78.2 Å². The number of thiol groups is 1. The Labute approximate surface area is 229 Å². The van der Waals surface area contributed by atoms with Crippen molar-refractivity contribution < 1.29 is 22.7 Å². The van der Waals surface area contributed by atoms with Gasteiger partial charge in [-0.05, 0) is 41.8 Å². The van der Waals surface area contributed by atoms with Crippen molar-refractivity contribution in [3.05, 3.63) is 89.1 Å². The van der Waals surface area contributed by atoms with Gasteiger partial charge in [0, 0.05) is 29.6 Å². The summed E-state index contributed by atoms with van der Waals surface area (Å²) >= 11 is 1.31. The van der Waals surface area contributed by atoms with Crippen LogP contribution in [0.1, 0.15) is 9.67 Å². The second-order valence-electron chi connectivity index (χ2n) is 8.14. The van der Waals surface area contributed by atoms with Crippen molar-refractivity contribution in [2.24, 2.45) is 0 Å². The van der Waals surface area contributed by atoms with Crippen LogP contribution in [0.3, 0.4) is 0 Å². The lowest BCUT2D eigenvalue weighted by Gasteiger charge is -2.21. The molecule has 0 spiro atoms. The molecule has 0 bridgehead atoms. The van der Waals surface area contributed by atoms with Crippen molar-refractivity contribution in [1.29, 1.82) is 0 Å². The van der Waals surface area contributed by atoms with E-state index in [1.807, 2.05) is 6.07 Å². The summed E-state index contributed by atoms with van der Waals surface area (Å²) in [6.07, 6.45) is 0. The highest BCUT2D eigenvalue weighted by Gasteiger charge is 2.22. The molecule has 0 aliphatic heterocycles. The first-order valence-corrected chi connectivity index (χ1v) is 13.6. The number of carbonyl (C=O) groups excluding carboxylic acids is 1. The van der Waals surface area contributed by atoms with Crippen molar-refractivity contribution in [3.63, 3.8) is 0 Å². The molecule has 0 fully saturated rings. The lowest BCUT2D eigenvalue weighted by molar-refractivity contribution is 0.103. The maximum absolute atomic E-state index is 12.7. The second kappa shape index (κ2) is 11.4. The van der Waals surface area contributed by atoms with E-state index in [2.05, 4.69) is 20.6 Å². The van der Waals surface area contributed by atoms with Gasteiger partial charge in [0.05, 0.1) is 35.8 Å². The van der Waals surface area contributed by atoms with Crippen LogP contribution in [0.25, 0.3) is 11.0 Å². The van der Waals surface area contributed by atoms with E-state index in [9.17, 15) is 13.2 Å². The Bertz CT molecular complexity index is 1690. The molecule has 5 aromatic rings. The number of ether oxygens (including phenoxy) is 2. The molecule has 10 nitrogen and oxygen atoms in total. The molecule has 0 unspecified atom stereocenters. The highest BCUT2D eigenvalue weighted by Crippen LogP contribution is 2.35. The minimum atomic E-state index is -3.22. The molecule has 0 saturated carbocycles. The molecule has 0 saturated heterocycles. The standard InChI is InChI=1S/C27H23N5O5S2/c1-36-20-14-18(15-21(16-20)37-2)28-25-26(31-23-10-4-3-9-22(23)30-25)32(39(34)35)19-8-5-7-17(13-19)29-27(33)24-11-6-12-38-24/h3-16,39H,1-2H3,(H,28,30)(H,29,33). The number of thiophene rings is 1. The van der Waals surface area contributed by atoms with E-state index < -0.39 is 10.9 Å². The largest absolute Gasteiger partial charge is 0.497 e. The van der Waals surface area contributed by atoms with Crippen LogP contribution < -0.4 is 24.4 Å². The summed E-state index contributed by atoms with van der Waals surface area (Å²) in [4.78, 5) is 22.5. The number of rotatable bonds is 9. The van der Waals surface area contributed by atoms with Crippen molar-refractivity contribution in [2.75, 3.05) is 29.2 Å². The number of aromatic nitrogens is 2. The van der Waals surface area contributed by atoms with Crippen LogP contribution in [0.4, 0.5) is 28.7 Å². The number of amides is 1. The summed E-state index contributed by atoms with van der Waals surface area (Å²) in [6.45, 7) is 0. The number of nitrogens with zero attached hydrogens (tertiary/aromatic N) is 3. The molecule has 0 atom stereocenters. The van der Waals surface area contributed by atoms with Crippen LogP contribution >= 0.6 is 11.3 Å². The van der Waals surface area contributed by atoms with Crippen LogP contribution in [-0.4, -0.2) is 38.5 Å². The van der Waals surface area contributed by atoms with Crippen LogP contribution in [-0.2, 0) is 10.9 Å². The van der Waals surface area contributed by atoms with Gasteiger partial charge in [0.15, 0.2) is 11.6 Å². The number of anilines is 5. The van der Waals surface area contributed by atoms with E-state index in [1.165, 1.54) is 25.6 Å². The van der Waals surface area contributed by atoms with E-state index in [0.717, 1.165) is 4.31 Å². The quantitative estimate of drug-likeness (QED) is 0.205. The Morgan fingerprint density at radius 2 is 1.56 bits per heavy atom. The van der Waals surface area contributed by atoms with Gasteiger partial charge in [-0.15, -0.1) is 11.3 Å². The van der Waals surface area contributed by atoms with Crippen LogP contribution in [0.5, 0.6) is 11.5 Å². The summed E-state index contributed by atoms with van der Waals surface area (Å²) in [6, 6.07) is 22.3. The number of hydrogen-bond acceptors (Lipinski definition) is 9. The molecule has 5 rings (SSSR count). The number of fused-ring (bicyclic) bond motifs is 1. The summed E-state index contributed by atoms with van der Waals surface area (Å²) in [5.41, 5.74) is 2.32. The van der Waals surface area contributed by atoms with Crippen LogP contribution in [0.2, 0.25) is 0 Å². The normalized spacial score (nSPS) is 10.8. The van der Waals surface area contributed by atoms with Gasteiger partial charge in [0.1, 0.15) is 11.5 Å². The molecule has 12 heteroatoms. The van der Waals surface area contributed by atoms with Crippen molar-refractivity contribution in [1.82, 2.24) is 9.97 Å².